The first kappa shape index (κ1) is 12.9. The van der Waals surface area contributed by atoms with Crippen molar-refractivity contribution in [3.8, 4) is 0 Å². The van der Waals surface area contributed by atoms with Crippen LogP contribution in [0.25, 0.3) is 0 Å². The number of benzene rings is 1. The van der Waals surface area contributed by atoms with E-state index in [1.54, 1.807) is 12.3 Å². The van der Waals surface area contributed by atoms with Crippen LogP contribution in [0.15, 0.2) is 36.5 Å². The quantitative estimate of drug-likeness (QED) is 0.773. The van der Waals surface area contributed by atoms with Gasteiger partial charge in [-0.3, -0.25) is 9.89 Å². The summed E-state index contributed by atoms with van der Waals surface area (Å²) in [5.74, 6) is -0.118. The largest absolute Gasteiger partial charge is 0.383 e. The monoisotopic (exact) mass is 271 g/mol. The Morgan fingerprint density at radius 1 is 1.40 bits per heavy atom. The van der Waals surface area contributed by atoms with E-state index in [1.807, 2.05) is 24.3 Å². The summed E-state index contributed by atoms with van der Waals surface area (Å²) in [5, 5.41) is 20.0. The number of carbonyl (C=O) groups is 1. The van der Waals surface area contributed by atoms with Crippen LogP contribution in [0.5, 0.6) is 0 Å². The lowest BCUT2D eigenvalue weighted by Crippen LogP contribution is -2.39. The summed E-state index contributed by atoms with van der Waals surface area (Å²) >= 11 is 0. The van der Waals surface area contributed by atoms with Crippen LogP contribution < -0.4 is 5.32 Å². The molecule has 0 saturated carbocycles. The van der Waals surface area contributed by atoms with Crippen LogP contribution in [0.2, 0.25) is 0 Å². The van der Waals surface area contributed by atoms with Gasteiger partial charge in [0.05, 0.1) is 13.0 Å². The van der Waals surface area contributed by atoms with Gasteiger partial charge in [0.1, 0.15) is 5.60 Å². The van der Waals surface area contributed by atoms with Crippen LogP contribution in [0.3, 0.4) is 0 Å². The lowest BCUT2D eigenvalue weighted by molar-refractivity contribution is -0.121. The van der Waals surface area contributed by atoms with Gasteiger partial charge >= 0.3 is 0 Å². The van der Waals surface area contributed by atoms with Crippen molar-refractivity contribution in [2.45, 2.75) is 24.9 Å². The molecule has 0 bridgehead atoms. The van der Waals surface area contributed by atoms with Gasteiger partial charge in [-0.2, -0.15) is 5.10 Å². The number of fused-ring (bicyclic) bond motifs is 1. The number of aliphatic hydroxyl groups is 1. The number of amides is 1. The molecule has 3 N–H and O–H groups in total. The van der Waals surface area contributed by atoms with E-state index in [1.165, 1.54) is 0 Å². The Morgan fingerprint density at radius 3 is 3.05 bits per heavy atom. The summed E-state index contributed by atoms with van der Waals surface area (Å²) in [6.45, 7) is 0.247. The van der Waals surface area contributed by atoms with Gasteiger partial charge in [0.25, 0.3) is 0 Å². The summed E-state index contributed by atoms with van der Waals surface area (Å²) in [7, 11) is 0. The molecule has 20 heavy (non-hydrogen) atoms. The van der Waals surface area contributed by atoms with E-state index in [0.717, 1.165) is 23.2 Å². The molecule has 1 aliphatic rings. The highest BCUT2D eigenvalue weighted by Gasteiger charge is 2.36. The Labute approximate surface area is 117 Å². The zero-order valence-electron chi connectivity index (χ0n) is 11.1. The summed E-state index contributed by atoms with van der Waals surface area (Å²) < 4.78 is 0. The fourth-order valence-corrected chi connectivity index (χ4v) is 2.72. The van der Waals surface area contributed by atoms with E-state index in [0.29, 0.717) is 6.42 Å². The molecule has 0 saturated heterocycles. The molecular weight excluding hydrogens is 254 g/mol. The number of aromatic nitrogens is 2. The second-order valence-corrected chi connectivity index (χ2v) is 5.22. The molecule has 1 aromatic heterocycles. The van der Waals surface area contributed by atoms with Gasteiger partial charge in [-0.05, 0) is 30.0 Å². The zero-order chi connectivity index (χ0) is 14.0. The molecule has 1 unspecified atom stereocenters. The van der Waals surface area contributed by atoms with Crippen molar-refractivity contribution in [2.75, 3.05) is 6.54 Å². The van der Waals surface area contributed by atoms with Crippen molar-refractivity contribution >= 4 is 5.91 Å². The Kier molecular flexibility index (Phi) is 3.28. The molecule has 1 aromatic carbocycles. The van der Waals surface area contributed by atoms with Crippen molar-refractivity contribution in [3.05, 3.63) is 53.3 Å². The normalized spacial score (nSPS) is 20.6. The minimum atomic E-state index is -0.944. The smallest absolute Gasteiger partial charge is 0.226 e. The summed E-state index contributed by atoms with van der Waals surface area (Å²) in [4.78, 5) is 11.9. The number of H-pyrrole nitrogens is 1. The van der Waals surface area contributed by atoms with Gasteiger partial charge in [-0.25, -0.2) is 0 Å². The van der Waals surface area contributed by atoms with Gasteiger partial charge in [-0.15, -0.1) is 0 Å². The number of aryl methyl sites for hydroxylation is 1. The van der Waals surface area contributed by atoms with Crippen molar-refractivity contribution in [2.24, 2.45) is 0 Å². The molecular formula is C15H17N3O2. The van der Waals surface area contributed by atoms with Crippen molar-refractivity contribution in [3.63, 3.8) is 0 Å². The first-order chi connectivity index (χ1) is 9.67. The Balaban J connectivity index is 1.62. The van der Waals surface area contributed by atoms with Gasteiger partial charge in [-0.1, -0.05) is 24.3 Å². The molecule has 1 aliphatic carbocycles. The number of hydrogen-bond acceptors (Lipinski definition) is 3. The van der Waals surface area contributed by atoms with Crippen LogP contribution in [0, 0.1) is 0 Å². The molecule has 3 rings (SSSR count). The molecule has 1 heterocycles. The van der Waals surface area contributed by atoms with Crippen LogP contribution in [0.4, 0.5) is 0 Å². The number of aromatic amines is 1. The molecule has 5 nitrogen and oxygen atoms in total. The topological polar surface area (TPSA) is 78.0 Å². The first-order valence-electron chi connectivity index (χ1n) is 6.73. The number of nitrogens with zero attached hydrogens (tertiary/aromatic N) is 1. The van der Waals surface area contributed by atoms with Gasteiger partial charge in [0.2, 0.25) is 5.91 Å². The highest BCUT2D eigenvalue weighted by atomic mass is 16.3. The Morgan fingerprint density at radius 2 is 2.25 bits per heavy atom. The van der Waals surface area contributed by atoms with Crippen molar-refractivity contribution < 1.29 is 9.90 Å². The SMILES string of the molecule is O=C(Cc1ccn[nH]1)NCC1(O)CCc2ccccc21. The van der Waals surface area contributed by atoms with E-state index in [9.17, 15) is 9.90 Å². The minimum absolute atomic E-state index is 0.118. The first-order valence-corrected chi connectivity index (χ1v) is 6.73. The predicted molar refractivity (Wildman–Crippen MR) is 74.0 cm³/mol. The number of rotatable bonds is 4. The van der Waals surface area contributed by atoms with Crippen LogP contribution >= 0.6 is 0 Å². The minimum Gasteiger partial charge on any atom is -0.383 e. The highest BCUT2D eigenvalue weighted by molar-refractivity contribution is 5.78. The summed E-state index contributed by atoms with van der Waals surface area (Å²) in [6.07, 6.45) is 3.36. The maximum atomic E-state index is 11.9. The van der Waals surface area contributed by atoms with E-state index < -0.39 is 5.60 Å². The lowest BCUT2D eigenvalue weighted by atomic mass is 9.96. The molecule has 2 aromatic rings. The predicted octanol–water partition coefficient (Wildman–Crippen LogP) is 0.902. The summed E-state index contributed by atoms with van der Waals surface area (Å²) in [5.41, 5.74) is 1.92. The Hall–Kier alpha value is -2.14. The van der Waals surface area contributed by atoms with Crippen molar-refractivity contribution in [1.82, 2.24) is 15.5 Å². The average molecular weight is 271 g/mol. The zero-order valence-corrected chi connectivity index (χ0v) is 11.1. The van der Waals surface area contributed by atoms with Gasteiger partial charge < -0.3 is 10.4 Å². The van der Waals surface area contributed by atoms with E-state index in [-0.39, 0.29) is 18.9 Å². The molecule has 0 fully saturated rings. The molecule has 0 aliphatic heterocycles. The van der Waals surface area contributed by atoms with E-state index in [2.05, 4.69) is 15.5 Å². The van der Waals surface area contributed by atoms with E-state index >= 15 is 0 Å². The third-order valence-electron chi connectivity index (χ3n) is 3.81. The third kappa shape index (κ3) is 2.44. The summed E-state index contributed by atoms with van der Waals surface area (Å²) in [6, 6.07) is 9.62. The fraction of sp³-hybridized carbons (Fsp3) is 0.333. The third-order valence-corrected chi connectivity index (χ3v) is 3.81. The maximum Gasteiger partial charge on any atom is 0.226 e. The van der Waals surface area contributed by atoms with Crippen LogP contribution in [-0.4, -0.2) is 27.8 Å². The van der Waals surface area contributed by atoms with Gasteiger partial charge in [0.15, 0.2) is 0 Å². The molecule has 1 atom stereocenters. The number of hydrogen-bond donors (Lipinski definition) is 3. The van der Waals surface area contributed by atoms with E-state index in [4.69, 9.17) is 0 Å². The number of carbonyl (C=O) groups excluding carboxylic acids is 1. The average Bonchev–Trinajstić information content (AvgIpc) is 3.07. The highest BCUT2D eigenvalue weighted by Crippen LogP contribution is 2.36. The fourth-order valence-electron chi connectivity index (χ4n) is 2.72. The number of nitrogens with one attached hydrogen (secondary N) is 2. The van der Waals surface area contributed by atoms with Crippen molar-refractivity contribution in [1.29, 1.82) is 0 Å². The van der Waals surface area contributed by atoms with Crippen LogP contribution in [-0.2, 0) is 23.2 Å². The molecule has 5 heteroatoms. The lowest BCUT2D eigenvalue weighted by Gasteiger charge is -2.24. The van der Waals surface area contributed by atoms with Crippen LogP contribution in [0.1, 0.15) is 23.2 Å². The molecule has 1 amide bonds. The maximum absolute atomic E-state index is 11.9. The second-order valence-electron chi connectivity index (χ2n) is 5.22. The molecule has 0 radical (unpaired) electrons. The standard InChI is InChI=1S/C15H17N3O2/c19-14(9-12-6-8-17-18-12)16-10-15(20)7-5-11-3-1-2-4-13(11)15/h1-4,6,8,20H,5,7,9-10H2,(H,16,19)(H,17,18). The molecule has 104 valence electrons. The second kappa shape index (κ2) is 5.09. The molecule has 0 spiro atoms. The Bertz CT molecular complexity index is 609. The van der Waals surface area contributed by atoms with Gasteiger partial charge in [0, 0.05) is 11.9 Å².